The van der Waals surface area contributed by atoms with Crippen LogP contribution in [0.25, 0.3) is 6.08 Å². The molecule has 0 spiro atoms. The van der Waals surface area contributed by atoms with Crippen molar-refractivity contribution in [2.45, 2.75) is 6.04 Å². The molecule has 28 heavy (non-hydrogen) atoms. The Morgan fingerprint density at radius 1 is 1.07 bits per heavy atom. The molecule has 0 aromatic heterocycles. The van der Waals surface area contributed by atoms with E-state index in [-0.39, 0.29) is 18.7 Å². The number of nitrogens with zero attached hydrogens (tertiary/aromatic N) is 1. The lowest BCUT2D eigenvalue weighted by atomic mass is 10.1. The van der Waals surface area contributed by atoms with Crippen LogP contribution in [-0.2, 0) is 9.53 Å². The fourth-order valence-electron chi connectivity index (χ4n) is 3.37. The van der Waals surface area contributed by atoms with Crippen LogP contribution in [0, 0.1) is 0 Å². The molecule has 1 N–H and O–H groups in total. The van der Waals surface area contributed by atoms with Crippen molar-refractivity contribution in [3.63, 3.8) is 0 Å². The van der Waals surface area contributed by atoms with E-state index in [1.165, 1.54) is 0 Å². The fourth-order valence-corrected chi connectivity index (χ4v) is 3.37. The summed E-state index contributed by atoms with van der Waals surface area (Å²) in [5, 5.41) is 3.14. The summed E-state index contributed by atoms with van der Waals surface area (Å²) in [6, 6.07) is 15.6. The van der Waals surface area contributed by atoms with Crippen LogP contribution >= 0.6 is 0 Å². The van der Waals surface area contributed by atoms with Gasteiger partial charge in [-0.1, -0.05) is 36.4 Å². The highest BCUT2D eigenvalue weighted by molar-refractivity contribution is 5.92. The third kappa shape index (κ3) is 4.71. The van der Waals surface area contributed by atoms with Gasteiger partial charge in [-0.05, 0) is 29.3 Å². The van der Waals surface area contributed by atoms with Crippen LogP contribution in [0.3, 0.4) is 0 Å². The van der Waals surface area contributed by atoms with Gasteiger partial charge in [0.15, 0.2) is 11.5 Å². The van der Waals surface area contributed by atoms with Gasteiger partial charge in [0, 0.05) is 25.7 Å². The topological polar surface area (TPSA) is 60.0 Å². The molecule has 2 aromatic rings. The third-order valence-electron chi connectivity index (χ3n) is 4.89. The van der Waals surface area contributed by atoms with Gasteiger partial charge in [-0.25, -0.2) is 0 Å². The number of hydrogen-bond donors (Lipinski definition) is 1. The van der Waals surface area contributed by atoms with Crippen molar-refractivity contribution in [2.24, 2.45) is 0 Å². The molecule has 146 valence electrons. The molecule has 2 aliphatic heterocycles. The molecule has 4 rings (SSSR count). The smallest absolute Gasteiger partial charge is 0.244 e. The monoisotopic (exact) mass is 380 g/mol. The lowest BCUT2D eigenvalue weighted by Gasteiger charge is -2.31. The Kier molecular flexibility index (Phi) is 5.89. The number of hydrogen-bond acceptors (Lipinski definition) is 5. The first kappa shape index (κ1) is 18.5. The predicted molar refractivity (Wildman–Crippen MR) is 106 cm³/mol. The number of carbonyl (C=O) groups excluding carboxylic acids is 1. The van der Waals surface area contributed by atoms with E-state index in [9.17, 15) is 4.79 Å². The number of fused-ring (bicyclic) bond motifs is 1. The second kappa shape index (κ2) is 8.91. The first-order valence-electron chi connectivity index (χ1n) is 9.51. The van der Waals surface area contributed by atoms with Gasteiger partial charge in [-0.15, -0.1) is 0 Å². The van der Waals surface area contributed by atoms with E-state index >= 15 is 0 Å². The normalized spacial score (nSPS) is 17.6. The zero-order valence-corrected chi connectivity index (χ0v) is 15.7. The SMILES string of the molecule is O=C(/C=C/c1ccc2c(c1)OCO2)N[C@@H](CN1CCOCC1)c1ccccc1. The predicted octanol–water partition coefficient (Wildman–Crippen LogP) is 2.62. The van der Waals surface area contributed by atoms with Gasteiger partial charge in [0.25, 0.3) is 0 Å². The molecule has 1 amide bonds. The number of nitrogens with one attached hydrogen (secondary N) is 1. The maximum Gasteiger partial charge on any atom is 0.244 e. The van der Waals surface area contributed by atoms with Crippen molar-refractivity contribution in [2.75, 3.05) is 39.6 Å². The molecule has 0 radical (unpaired) electrons. The molecule has 1 saturated heterocycles. The zero-order chi connectivity index (χ0) is 19.2. The number of amides is 1. The standard InChI is InChI=1S/C22H24N2O4/c25-22(9-7-17-6-8-20-21(14-17)28-16-27-20)23-19(18-4-2-1-3-5-18)15-24-10-12-26-13-11-24/h1-9,14,19H,10-13,15-16H2,(H,23,25)/b9-7+/t19-/m0/s1. The van der Waals surface area contributed by atoms with Crippen molar-refractivity contribution < 1.29 is 19.0 Å². The molecule has 0 saturated carbocycles. The summed E-state index contributed by atoms with van der Waals surface area (Å²) in [5.74, 6) is 1.31. The second-order valence-electron chi connectivity index (χ2n) is 6.83. The Hall–Kier alpha value is -2.83. The number of rotatable bonds is 6. The Labute approximate surface area is 164 Å². The molecule has 1 fully saturated rings. The van der Waals surface area contributed by atoms with Crippen molar-refractivity contribution >= 4 is 12.0 Å². The van der Waals surface area contributed by atoms with Gasteiger partial charge in [0.1, 0.15) is 0 Å². The summed E-state index contributed by atoms with van der Waals surface area (Å²) >= 11 is 0. The van der Waals surface area contributed by atoms with Gasteiger partial charge in [0.2, 0.25) is 12.7 Å². The molecule has 1 atom stereocenters. The van der Waals surface area contributed by atoms with Gasteiger partial charge >= 0.3 is 0 Å². The van der Waals surface area contributed by atoms with Crippen LogP contribution in [0.5, 0.6) is 11.5 Å². The minimum atomic E-state index is -0.125. The van der Waals surface area contributed by atoms with Gasteiger partial charge in [-0.3, -0.25) is 9.69 Å². The number of carbonyl (C=O) groups is 1. The molecular formula is C22H24N2O4. The highest BCUT2D eigenvalue weighted by Gasteiger charge is 2.19. The maximum atomic E-state index is 12.6. The highest BCUT2D eigenvalue weighted by Crippen LogP contribution is 2.32. The van der Waals surface area contributed by atoms with Crippen molar-refractivity contribution in [3.8, 4) is 11.5 Å². The van der Waals surface area contributed by atoms with Gasteiger partial charge in [0.05, 0.1) is 19.3 Å². The molecular weight excluding hydrogens is 356 g/mol. The summed E-state index contributed by atoms with van der Waals surface area (Å²) in [7, 11) is 0. The minimum absolute atomic E-state index is 0.0757. The summed E-state index contributed by atoms with van der Waals surface area (Å²) in [4.78, 5) is 14.9. The summed E-state index contributed by atoms with van der Waals surface area (Å²) in [6.45, 7) is 4.23. The van der Waals surface area contributed by atoms with E-state index in [0.717, 1.165) is 49.7 Å². The minimum Gasteiger partial charge on any atom is -0.454 e. The van der Waals surface area contributed by atoms with Crippen LogP contribution < -0.4 is 14.8 Å². The average molecular weight is 380 g/mol. The highest BCUT2D eigenvalue weighted by atomic mass is 16.7. The fraction of sp³-hybridized carbons (Fsp3) is 0.318. The largest absolute Gasteiger partial charge is 0.454 e. The summed E-state index contributed by atoms with van der Waals surface area (Å²) in [6.07, 6.45) is 3.35. The molecule has 0 bridgehead atoms. The molecule has 2 aromatic carbocycles. The van der Waals surface area contributed by atoms with E-state index in [1.807, 2.05) is 48.5 Å². The number of morpholine rings is 1. The Morgan fingerprint density at radius 2 is 1.86 bits per heavy atom. The molecule has 0 aliphatic carbocycles. The zero-order valence-electron chi connectivity index (χ0n) is 15.7. The maximum absolute atomic E-state index is 12.6. The first-order chi connectivity index (χ1) is 13.8. The Balaban J connectivity index is 1.42. The van der Waals surface area contributed by atoms with E-state index in [4.69, 9.17) is 14.2 Å². The number of ether oxygens (including phenoxy) is 3. The van der Waals surface area contributed by atoms with Crippen LogP contribution in [0.4, 0.5) is 0 Å². The van der Waals surface area contributed by atoms with E-state index < -0.39 is 0 Å². The molecule has 2 heterocycles. The van der Waals surface area contributed by atoms with Crippen molar-refractivity contribution in [1.29, 1.82) is 0 Å². The number of benzene rings is 2. The van der Waals surface area contributed by atoms with Crippen molar-refractivity contribution in [1.82, 2.24) is 10.2 Å². The quantitative estimate of drug-likeness (QED) is 0.781. The lowest BCUT2D eigenvalue weighted by Crippen LogP contribution is -2.42. The van der Waals surface area contributed by atoms with Gasteiger partial charge < -0.3 is 19.5 Å². The van der Waals surface area contributed by atoms with Crippen LogP contribution in [0.2, 0.25) is 0 Å². The van der Waals surface area contributed by atoms with E-state index in [1.54, 1.807) is 12.2 Å². The van der Waals surface area contributed by atoms with Crippen LogP contribution in [0.1, 0.15) is 17.2 Å². The Bertz CT molecular complexity index is 832. The lowest BCUT2D eigenvalue weighted by molar-refractivity contribution is -0.117. The first-order valence-corrected chi connectivity index (χ1v) is 9.51. The van der Waals surface area contributed by atoms with Crippen molar-refractivity contribution in [3.05, 3.63) is 65.7 Å². The summed E-state index contributed by atoms with van der Waals surface area (Å²) < 4.78 is 16.1. The van der Waals surface area contributed by atoms with Gasteiger partial charge in [-0.2, -0.15) is 0 Å². The molecule has 2 aliphatic rings. The second-order valence-corrected chi connectivity index (χ2v) is 6.83. The Morgan fingerprint density at radius 3 is 2.68 bits per heavy atom. The van der Waals surface area contributed by atoms with Crippen LogP contribution in [0.15, 0.2) is 54.6 Å². The third-order valence-corrected chi connectivity index (χ3v) is 4.89. The molecule has 6 nitrogen and oxygen atoms in total. The molecule has 6 heteroatoms. The van der Waals surface area contributed by atoms with E-state index in [2.05, 4.69) is 10.2 Å². The summed E-state index contributed by atoms with van der Waals surface area (Å²) in [5.41, 5.74) is 1.99. The van der Waals surface area contributed by atoms with Crippen LogP contribution in [-0.4, -0.2) is 50.4 Å². The molecule has 0 unspecified atom stereocenters. The average Bonchev–Trinajstić information content (AvgIpc) is 3.21. The van der Waals surface area contributed by atoms with E-state index in [0.29, 0.717) is 5.75 Å².